The maximum absolute atomic E-state index is 13.8. The second-order valence-corrected chi connectivity index (χ2v) is 31.4. The van der Waals surface area contributed by atoms with Crippen molar-refractivity contribution in [3.63, 3.8) is 0 Å². The zero-order valence-electron chi connectivity index (χ0n) is 47.4. The molecule has 420 valence electrons. The Balaban J connectivity index is 0.732. The fourth-order valence-electron chi connectivity index (χ4n) is 14.8. The van der Waals surface area contributed by atoms with E-state index in [1.165, 1.54) is 10.5 Å². The van der Waals surface area contributed by atoms with E-state index in [4.69, 9.17) is 42.3 Å². The van der Waals surface area contributed by atoms with Crippen molar-refractivity contribution in [3.8, 4) is 0 Å². The molecule has 6 bridgehead atoms. The highest BCUT2D eigenvalue weighted by molar-refractivity contribution is 6.74. The van der Waals surface area contributed by atoms with Gasteiger partial charge in [0.1, 0.15) is 41.9 Å². The number of benzene rings is 2. The summed E-state index contributed by atoms with van der Waals surface area (Å²) in [6, 6.07) is 17.8. The number of amides is 2. The number of Topliss-reactive ketones (excluding diaryl/α,β-unsaturated/α-hetero) is 1. The highest BCUT2D eigenvalue weighted by Crippen LogP contribution is 2.59. The average molecular weight is 1080 g/mol. The Hall–Kier alpha value is -3.41. The highest BCUT2D eigenvalue weighted by Gasteiger charge is 2.73. The summed E-state index contributed by atoms with van der Waals surface area (Å²) in [5, 5.41) is -0.0787. The van der Waals surface area contributed by atoms with Crippen LogP contribution in [-0.2, 0) is 53.5 Å². The van der Waals surface area contributed by atoms with Gasteiger partial charge in [0.2, 0.25) is 0 Å². The summed E-state index contributed by atoms with van der Waals surface area (Å²) in [6.45, 7) is 28.9. The fraction of sp³-hybridized carbons (Fsp3) is 0.698. The van der Waals surface area contributed by atoms with Crippen LogP contribution < -0.4 is 0 Å². The topological polar surface area (TPSA) is 138 Å². The van der Waals surface area contributed by atoms with E-state index >= 15 is 0 Å². The molecule has 9 saturated heterocycles. The molecule has 77 heavy (non-hydrogen) atoms. The maximum Gasteiger partial charge on any atom is 0.261 e. The van der Waals surface area contributed by atoms with Crippen molar-refractivity contribution in [3.05, 3.63) is 95.6 Å². The van der Waals surface area contributed by atoms with Crippen LogP contribution in [0.4, 0.5) is 0 Å². The molecule has 0 aromatic heterocycles. The average Bonchev–Trinajstić information content (AvgIpc) is 4.30. The Labute approximate surface area is 458 Å². The zero-order valence-corrected chi connectivity index (χ0v) is 48.4. The maximum atomic E-state index is 13.8. The molecule has 5 unspecified atom stereocenters. The number of carbonyl (C=O) groups excluding carboxylic acids is 3. The summed E-state index contributed by atoms with van der Waals surface area (Å²) >= 11 is 0. The SMILES string of the molecule is C=C1C[C@H](CC[C@@]23C[C@]4(C)O[C@H]5[C@@H](O2)[C@H]2OC(CC(C)=O)CC[C@@H]2O[C@H]5[C@H]4O3)OC1CC[C@H]1C[C@@H](C)C(=C)C(C[C@@H]2OC(C[C@@H](CN3C(=O)c4ccccc4C3=O)O[Si](C)(C)C(C)(C)C)[C@H](C)C2CCc2ccccc2)O1. The van der Waals surface area contributed by atoms with Crippen LogP contribution in [0.3, 0.4) is 0 Å². The van der Waals surface area contributed by atoms with Crippen LogP contribution in [0.25, 0.3) is 0 Å². The Morgan fingerprint density at radius 3 is 2.21 bits per heavy atom. The summed E-state index contributed by atoms with van der Waals surface area (Å²) in [5.41, 5.74) is 3.95. The molecule has 0 radical (unpaired) electrons. The minimum absolute atomic E-state index is 0.00477. The van der Waals surface area contributed by atoms with Crippen LogP contribution in [0.5, 0.6) is 0 Å². The fourth-order valence-corrected chi connectivity index (χ4v) is 16.1. The predicted molar refractivity (Wildman–Crippen MR) is 294 cm³/mol. The molecule has 2 amide bonds. The number of rotatable bonds is 19. The number of hydrogen-bond acceptors (Lipinski definition) is 12. The number of fused-ring (bicyclic) bond motifs is 2. The van der Waals surface area contributed by atoms with Gasteiger partial charge in [-0.15, -0.1) is 0 Å². The molecule has 2 aromatic carbocycles. The number of ether oxygens (including phenoxy) is 8. The lowest BCUT2D eigenvalue weighted by Gasteiger charge is -2.47. The number of ketones is 1. The highest BCUT2D eigenvalue weighted by atomic mass is 28.4. The molecule has 12 rings (SSSR count). The summed E-state index contributed by atoms with van der Waals surface area (Å²) in [6.07, 6.45) is 8.19. The lowest BCUT2D eigenvalue weighted by Crippen LogP contribution is -2.61. The van der Waals surface area contributed by atoms with Crippen molar-refractivity contribution >= 4 is 25.9 Å². The van der Waals surface area contributed by atoms with Crippen molar-refractivity contribution in [1.82, 2.24) is 4.90 Å². The van der Waals surface area contributed by atoms with Gasteiger partial charge in [0.15, 0.2) is 14.1 Å². The van der Waals surface area contributed by atoms with Crippen molar-refractivity contribution in [2.45, 2.75) is 253 Å². The summed E-state index contributed by atoms with van der Waals surface area (Å²) < 4.78 is 62.5. The molecule has 2 aromatic rings. The summed E-state index contributed by atoms with van der Waals surface area (Å²) in [7, 11) is -2.35. The van der Waals surface area contributed by atoms with Crippen LogP contribution in [0.15, 0.2) is 78.9 Å². The first-order chi connectivity index (χ1) is 36.6. The normalized spacial score (nSPS) is 39.8. The van der Waals surface area contributed by atoms with Gasteiger partial charge >= 0.3 is 0 Å². The molecule has 19 atom stereocenters. The van der Waals surface area contributed by atoms with E-state index in [9.17, 15) is 14.4 Å². The summed E-state index contributed by atoms with van der Waals surface area (Å²) in [4.78, 5) is 41.0. The van der Waals surface area contributed by atoms with E-state index in [0.29, 0.717) is 43.2 Å². The molecule has 0 N–H and O–H groups in total. The molecular formula is C63H87NO12Si. The van der Waals surface area contributed by atoms with Gasteiger partial charge < -0.3 is 42.3 Å². The van der Waals surface area contributed by atoms with E-state index in [2.05, 4.69) is 98.1 Å². The van der Waals surface area contributed by atoms with Gasteiger partial charge in [-0.25, -0.2) is 0 Å². The minimum atomic E-state index is -2.35. The van der Waals surface area contributed by atoms with Gasteiger partial charge in [-0.1, -0.05) is 90.2 Å². The van der Waals surface area contributed by atoms with Gasteiger partial charge in [0.05, 0.1) is 72.6 Å². The van der Waals surface area contributed by atoms with Crippen LogP contribution in [0.2, 0.25) is 18.1 Å². The van der Waals surface area contributed by atoms with Gasteiger partial charge in [-0.05, 0) is 136 Å². The smallest absolute Gasteiger partial charge is 0.261 e. The molecule has 13 nitrogen and oxygen atoms in total. The lowest BCUT2D eigenvalue weighted by atomic mass is 9.79. The second-order valence-electron chi connectivity index (χ2n) is 26.6. The van der Waals surface area contributed by atoms with E-state index in [1.54, 1.807) is 19.1 Å². The van der Waals surface area contributed by atoms with Crippen molar-refractivity contribution in [1.29, 1.82) is 0 Å². The third kappa shape index (κ3) is 11.0. The third-order valence-corrected chi connectivity index (χ3v) is 24.6. The largest absolute Gasteiger partial charge is 0.412 e. The van der Waals surface area contributed by atoms with E-state index in [0.717, 1.165) is 68.9 Å². The first-order valence-corrected chi connectivity index (χ1v) is 32.3. The quantitative estimate of drug-likeness (QED) is 0.0752. The molecule has 0 saturated carbocycles. The molecule has 10 aliphatic rings. The van der Waals surface area contributed by atoms with Gasteiger partial charge in [-0.3, -0.25) is 19.3 Å². The van der Waals surface area contributed by atoms with Crippen LogP contribution >= 0.6 is 0 Å². The summed E-state index contributed by atoms with van der Waals surface area (Å²) in [5.74, 6) is -0.510. The monoisotopic (exact) mass is 1080 g/mol. The zero-order chi connectivity index (χ0) is 54.3. The molecule has 0 spiro atoms. The van der Waals surface area contributed by atoms with E-state index < -0.39 is 25.8 Å². The Kier molecular flexibility index (Phi) is 15.5. The molecule has 9 fully saturated rings. The number of hydrogen-bond donors (Lipinski definition) is 0. The number of imide groups is 1. The molecule has 14 heteroatoms. The molecular weight excluding hydrogens is 991 g/mol. The van der Waals surface area contributed by atoms with Gasteiger partial charge in [0, 0.05) is 32.1 Å². The standard InChI is InChI=1S/C63H87NO12Si/c1-36-29-42(22-25-49-37(2)30-44(68-49)27-28-63-35-62(9)58(75-63)57-56(73-62)55(74-63)54-50(72-57)26-23-43(70-54)31-38(3)65)69-52(39(36)4)33-53-46(24-21-41-17-13-12-14-18-41)40(5)51(71-53)32-45(76-77(10,11)61(6,7)8)34-64-59(66)47-19-15-16-20-48(47)60(64)67/h12-20,36,40,42-46,49-58H,2,4,21-35H2,1,3,5-11H3/t36-,40-,42+,43?,44+,45+,46?,49?,50+,51?,52?,53+,54+,55+,56+,57-,58-,62+,63-/m1/s1. The van der Waals surface area contributed by atoms with Gasteiger partial charge in [0.25, 0.3) is 11.8 Å². The Bertz CT molecular complexity index is 2510. The van der Waals surface area contributed by atoms with Crippen LogP contribution in [-0.4, -0.2) is 134 Å². The first-order valence-electron chi connectivity index (χ1n) is 29.4. The van der Waals surface area contributed by atoms with Gasteiger partial charge in [-0.2, -0.15) is 0 Å². The molecule has 10 heterocycles. The molecule has 10 aliphatic heterocycles. The Morgan fingerprint density at radius 1 is 0.792 bits per heavy atom. The predicted octanol–water partition coefficient (Wildman–Crippen LogP) is 11.1. The van der Waals surface area contributed by atoms with E-state index in [-0.39, 0.29) is 126 Å². The first kappa shape index (κ1) is 55.5. The third-order valence-electron chi connectivity index (χ3n) is 20.0. The number of aryl methyl sites for hydroxylation is 1. The van der Waals surface area contributed by atoms with Crippen molar-refractivity contribution < 1.29 is 56.7 Å². The second kappa shape index (κ2) is 21.5. The number of carbonyl (C=O) groups is 3. The minimum Gasteiger partial charge on any atom is -0.412 e. The van der Waals surface area contributed by atoms with Crippen molar-refractivity contribution in [2.24, 2.45) is 17.8 Å². The van der Waals surface area contributed by atoms with Crippen molar-refractivity contribution in [2.75, 3.05) is 6.54 Å². The Morgan fingerprint density at radius 2 is 1.49 bits per heavy atom. The van der Waals surface area contributed by atoms with Crippen LogP contribution in [0.1, 0.15) is 158 Å². The van der Waals surface area contributed by atoms with E-state index in [1.807, 2.05) is 12.1 Å². The lowest BCUT2D eigenvalue weighted by molar-refractivity contribution is -0.294. The number of nitrogens with zero attached hydrogens (tertiary/aromatic N) is 1. The molecule has 0 aliphatic carbocycles. The van der Waals surface area contributed by atoms with Crippen LogP contribution in [0, 0.1) is 17.8 Å².